The smallest absolute Gasteiger partial charge is 0.410 e. The molecule has 1 aliphatic heterocycles. The first-order valence-corrected chi connectivity index (χ1v) is 9.49. The van der Waals surface area contributed by atoms with Crippen LogP contribution in [0.4, 0.5) is 4.79 Å². The number of hydrogen-bond acceptors (Lipinski definition) is 4. The van der Waals surface area contributed by atoms with Crippen molar-refractivity contribution in [2.75, 3.05) is 6.54 Å². The first-order valence-electron chi connectivity index (χ1n) is 9.11. The maximum Gasteiger partial charge on any atom is 0.410 e. The van der Waals surface area contributed by atoms with Crippen LogP contribution in [0.2, 0.25) is 5.02 Å². The van der Waals surface area contributed by atoms with Gasteiger partial charge in [-0.25, -0.2) is 9.31 Å². The molecule has 1 saturated heterocycles. The van der Waals surface area contributed by atoms with Crippen LogP contribution in [-0.2, 0) is 4.74 Å². The van der Waals surface area contributed by atoms with Gasteiger partial charge in [-0.1, -0.05) is 29.8 Å². The van der Waals surface area contributed by atoms with Crippen molar-refractivity contribution in [3.05, 3.63) is 63.8 Å². The molecule has 0 saturated carbocycles. The number of amides is 1. The van der Waals surface area contributed by atoms with Crippen molar-refractivity contribution in [2.45, 2.75) is 38.8 Å². The molecular weight excluding hydrogens is 380 g/mol. The molecule has 1 amide bonds. The number of aromatic nitrogens is 3. The summed E-state index contributed by atoms with van der Waals surface area (Å²) in [6, 6.07) is 10.5. The molecule has 1 aliphatic rings. The second-order valence-electron chi connectivity index (χ2n) is 7.77. The summed E-state index contributed by atoms with van der Waals surface area (Å²) >= 11 is 6.21. The van der Waals surface area contributed by atoms with Crippen LogP contribution in [-0.4, -0.2) is 37.3 Å². The lowest BCUT2D eigenvalue weighted by molar-refractivity contribution is -0.00811. The van der Waals surface area contributed by atoms with Gasteiger partial charge in [-0.2, -0.15) is 5.10 Å². The zero-order valence-corrected chi connectivity index (χ0v) is 16.7. The van der Waals surface area contributed by atoms with Crippen LogP contribution >= 0.6 is 11.6 Å². The van der Waals surface area contributed by atoms with Gasteiger partial charge in [0.1, 0.15) is 11.1 Å². The van der Waals surface area contributed by atoms with E-state index in [-0.39, 0.29) is 11.6 Å². The Bertz CT molecular complexity index is 1100. The number of para-hydroxylation sites is 1. The molecule has 0 aliphatic carbocycles. The fraction of sp³-hybridized carbons (Fsp3) is 0.350. The number of halogens is 1. The fourth-order valence-corrected chi connectivity index (χ4v) is 3.51. The van der Waals surface area contributed by atoms with Crippen molar-refractivity contribution in [1.29, 1.82) is 0 Å². The van der Waals surface area contributed by atoms with Gasteiger partial charge in [0.25, 0.3) is 5.56 Å². The molecule has 4 rings (SSSR count). The molecule has 0 bridgehead atoms. The first kappa shape index (κ1) is 18.6. The molecule has 1 atom stereocenters. The summed E-state index contributed by atoms with van der Waals surface area (Å²) in [7, 11) is 0. The van der Waals surface area contributed by atoms with Crippen molar-refractivity contribution in [3.63, 3.8) is 0 Å². The number of ether oxygens (including phenoxy) is 1. The van der Waals surface area contributed by atoms with E-state index in [9.17, 15) is 9.59 Å². The summed E-state index contributed by atoms with van der Waals surface area (Å²) in [5.41, 5.74) is 0.104. The van der Waals surface area contributed by atoms with E-state index in [1.807, 2.05) is 51.1 Å². The summed E-state index contributed by atoms with van der Waals surface area (Å²) in [5.74, 6) is 0.480. The van der Waals surface area contributed by atoms with E-state index in [1.165, 1.54) is 9.08 Å². The summed E-state index contributed by atoms with van der Waals surface area (Å²) in [4.78, 5) is 27.5. The minimum absolute atomic E-state index is 0.276. The lowest BCUT2D eigenvalue weighted by Gasteiger charge is -2.41. The van der Waals surface area contributed by atoms with E-state index in [4.69, 9.17) is 16.3 Å². The van der Waals surface area contributed by atoms with Gasteiger partial charge in [0.2, 0.25) is 0 Å². The second-order valence-corrected chi connectivity index (χ2v) is 8.18. The maximum atomic E-state index is 13.3. The van der Waals surface area contributed by atoms with Gasteiger partial charge < -0.3 is 4.74 Å². The Morgan fingerprint density at radius 1 is 1.21 bits per heavy atom. The number of benzene rings is 1. The molecule has 7 nitrogen and oxygen atoms in total. The van der Waals surface area contributed by atoms with E-state index in [0.29, 0.717) is 35.0 Å². The zero-order chi connectivity index (χ0) is 20.1. The van der Waals surface area contributed by atoms with Gasteiger partial charge in [-0.3, -0.25) is 14.3 Å². The third kappa shape index (κ3) is 3.16. The fourth-order valence-electron chi connectivity index (χ4n) is 3.28. The Kier molecular flexibility index (Phi) is 4.42. The highest BCUT2D eigenvalue weighted by molar-refractivity contribution is 6.33. The summed E-state index contributed by atoms with van der Waals surface area (Å²) < 4.78 is 8.51. The van der Waals surface area contributed by atoms with Crippen LogP contribution in [0.1, 0.15) is 39.1 Å². The number of fused-ring (bicyclic) bond motifs is 1. The number of carbonyl (C=O) groups excluding carboxylic acids is 1. The summed E-state index contributed by atoms with van der Waals surface area (Å²) in [5, 5.41) is 4.97. The molecule has 0 spiro atoms. The van der Waals surface area contributed by atoms with Crippen molar-refractivity contribution in [3.8, 4) is 5.69 Å². The monoisotopic (exact) mass is 400 g/mol. The first-order chi connectivity index (χ1) is 13.3. The summed E-state index contributed by atoms with van der Waals surface area (Å²) in [6.45, 7) is 6.03. The highest BCUT2D eigenvalue weighted by Crippen LogP contribution is 2.34. The highest BCUT2D eigenvalue weighted by Gasteiger charge is 2.39. The van der Waals surface area contributed by atoms with Gasteiger partial charge in [-0.05, 0) is 45.4 Å². The number of rotatable bonds is 2. The summed E-state index contributed by atoms with van der Waals surface area (Å²) in [6.07, 6.45) is 1.93. The van der Waals surface area contributed by atoms with Gasteiger partial charge in [0.15, 0.2) is 5.82 Å². The van der Waals surface area contributed by atoms with E-state index in [2.05, 4.69) is 5.10 Å². The molecule has 1 aromatic carbocycles. The lowest BCUT2D eigenvalue weighted by Crippen LogP contribution is -2.49. The van der Waals surface area contributed by atoms with Crippen molar-refractivity contribution >= 4 is 23.2 Å². The number of likely N-dealkylation sites (tertiary alicyclic amines) is 1. The Morgan fingerprint density at radius 2 is 1.93 bits per heavy atom. The molecule has 3 heterocycles. The van der Waals surface area contributed by atoms with Crippen molar-refractivity contribution in [2.24, 2.45) is 0 Å². The normalized spacial score (nSPS) is 16.9. The molecule has 1 fully saturated rings. The third-order valence-electron chi connectivity index (χ3n) is 4.62. The molecule has 0 N–H and O–H groups in total. The largest absolute Gasteiger partial charge is 0.444 e. The maximum absolute atomic E-state index is 13.3. The van der Waals surface area contributed by atoms with Crippen LogP contribution < -0.4 is 5.56 Å². The number of carbonyl (C=O) groups is 1. The predicted molar refractivity (Wildman–Crippen MR) is 106 cm³/mol. The molecular formula is C20H21ClN4O3. The molecule has 8 heteroatoms. The van der Waals surface area contributed by atoms with E-state index < -0.39 is 11.7 Å². The van der Waals surface area contributed by atoms with Gasteiger partial charge in [0, 0.05) is 12.7 Å². The Morgan fingerprint density at radius 3 is 2.54 bits per heavy atom. The topological polar surface area (TPSA) is 68.8 Å². The molecule has 28 heavy (non-hydrogen) atoms. The lowest BCUT2D eigenvalue weighted by atomic mass is 10.0. The molecule has 146 valence electrons. The van der Waals surface area contributed by atoms with Crippen molar-refractivity contribution in [1.82, 2.24) is 19.1 Å². The predicted octanol–water partition coefficient (Wildman–Crippen LogP) is 3.82. The molecule has 0 radical (unpaired) electrons. The Balaban J connectivity index is 1.85. The SMILES string of the molecule is CC(C)(C)OC(=O)N1CC[C@H]1c1nn2ccc(Cl)c2c(=O)n1-c1ccccc1. The standard InChI is InChI=1S/C20H21ClN4O3/c1-20(2,3)28-19(27)23-11-10-15(23)17-22-24-12-9-14(21)16(24)18(26)25(17)13-7-5-4-6-8-13/h4-9,12,15H,10-11H2,1-3H3/t15-/m0/s1. The quantitative estimate of drug-likeness (QED) is 0.655. The number of nitrogens with zero attached hydrogens (tertiary/aromatic N) is 4. The minimum Gasteiger partial charge on any atom is -0.444 e. The van der Waals surface area contributed by atoms with Crippen molar-refractivity contribution < 1.29 is 9.53 Å². The van der Waals surface area contributed by atoms with Gasteiger partial charge >= 0.3 is 6.09 Å². The highest BCUT2D eigenvalue weighted by atomic mass is 35.5. The van der Waals surface area contributed by atoms with E-state index in [0.717, 1.165) is 0 Å². The van der Waals surface area contributed by atoms with Crippen LogP contribution in [0.5, 0.6) is 0 Å². The average molecular weight is 401 g/mol. The van der Waals surface area contributed by atoms with Crippen LogP contribution in [0.25, 0.3) is 11.2 Å². The van der Waals surface area contributed by atoms with Crippen LogP contribution in [0.3, 0.4) is 0 Å². The van der Waals surface area contributed by atoms with E-state index in [1.54, 1.807) is 17.2 Å². The van der Waals surface area contributed by atoms with Gasteiger partial charge in [0.05, 0.1) is 16.8 Å². The van der Waals surface area contributed by atoms with Crippen LogP contribution in [0, 0.1) is 0 Å². The van der Waals surface area contributed by atoms with Gasteiger partial charge in [-0.15, -0.1) is 0 Å². The zero-order valence-electron chi connectivity index (χ0n) is 15.9. The molecule has 2 aromatic heterocycles. The molecule has 0 unspecified atom stereocenters. The van der Waals surface area contributed by atoms with Crippen LogP contribution in [0.15, 0.2) is 47.4 Å². The molecule has 3 aromatic rings. The van der Waals surface area contributed by atoms with E-state index >= 15 is 0 Å². The average Bonchev–Trinajstić information content (AvgIpc) is 2.94. The Labute approximate surface area is 167 Å². The number of hydrogen-bond donors (Lipinski definition) is 0. The minimum atomic E-state index is -0.596. The third-order valence-corrected chi connectivity index (χ3v) is 4.93. The second kappa shape index (κ2) is 6.67. The Hall–Kier alpha value is -2.80.